The number of nitriles is 2. The maximum atomic E-state index is 12.4. The lowest BCUT2D eigenvalue weighted by Gasteiger charge is -2.10. The van der Waals surface area contributed by atoms with E-state index in [0.717, 1.165) is 5.56 Å². The van der Waals surface area contributed by atoms with E-state index in [0.29, 0.717) is 21.7 Å². The second-order valence-corrected chi connectivity index (χ2v) is 6.65. The second kappa shape index (κ2) is 8.18. The molecule has 6 heteroatoms. The Morgan fingerprint density at radius 3 is 2.15 bits per heavy atom. The quantitative estimate of drug-likeness (QED) is 0.546. The van der Waals surface area contributed by atoms with E-state index < -0.39 is 0 Å². The fourth-order valence-electron chi connectivity index (χ4n) is 2.69. The highest BCUT2D eigenvalue weighted by Crippen LogP contribution is 2.33. The topological polar surface area (TPSA) is 105 Å². The normalized spacial score (nSPS) is 10.0. The number of carbonyl (C=O) groups excluding carboxylic acids is 1. The monoisotopic (exact) mass is 371 g/mol. The molecule has 1 heterocycles. The summed E-state index contributed by atoms with van der Waals surface area (Å²) in [4.78, 5) is 15.3. The maximum absolute atomic E-state index is 12.4. The van der Waals surface area contributed by atoms with Crippen LogP contribution in [0.2, 0.25) is 0 Å². The molecular formula is C21H15N4OS+. The molecule has 0 saturated carbocycles. The summed E-state index contributed by atoms with van der Waals surface area (Å²) in [5, 5.41) is 19.7. The molecule has 130 valence electrons. The van der Waals surface area contributed by atoms with Gasteiger partial charge in [0.25, 0.3) is 5.82 Å². The zero-order chi connectivity index (χ0) is 19.2. The largest absolute Gasteiger partial charge is 0.293 e. The van der Waals surface area contributed by atoms with E-state index in [1.165, 1.54) is 11.8 Å². The van der Waals surface area contributed by atoms with Gasteiger partial charge in [-0.15, -0.1) is 0 Å². The highest BCUT2D eigenvalue weighted by Gasteiger charge is 2.24. The van der Waals surface area contributed by atoms with Crippen LogP contribution < -0.4 is 10.7 Å². The fourth-order valence-corrected chi connectivity index (χ4v) is 3.61. The number of anilines is 1. The number of rotatable bonds is 5. The number of aromatic nitrogens is 1. The number of nitrogens with two attached hydrogens (primary N) is 1. The van der Waals surface area contributed by atoms with Crippen LogP contribution in [0.4, 0.5) is 5.82 Å². The van der Waals surface area contributed by atoms with Crippen molar-refractivity contribution in [3.05, 3.63) is 77.4 Å². The van der Waals surface area contributed by atoms with Gasteiger partial charge < -0.3 is 0 Å². The van der Waals surface area contributed by atoms with E-state index in [-0.39, 0.29) is 22.9 Å². The molecule has 0 aliphatic carbocycles. The van der Waals surface area contributed by atoms with Crippen LogP contribution in [0.15, 0.2) is 65.7 Å². The number of hydrogen-bond donors (Lipinski definition) is 1. The number of aromatic amines is 1. The summed E-state index contributed by atoms with van der Waals surface area (Å²) in [5.74, 6) is 0.265. The summed E-state index contributed by atoms with van der Waals surface area (Å²) in [6, 6.07) is 22.3. The number of thioether (sulfide) groups is 1. The maximum Gasteiger partial charge on any atom is 0.289 e. The number of Topliss-reactive ketones (excluding diaryl/α,β-unsaturated/α-hetero) is 1. The van der Waals surface area contributed by atoms with Crippen LogP contribution in [0.1, 0.15) is 21.5 Å². The van der Waals surface area contributed by atoms with Gasteiger partial charge in [0.05, 0.1) is 5.75 Å². The van der Waals surface area contributed by atoms with Gasteiger partial charge in [-0.2, -0.15) is 10.5 Å². The van der Waals surface area contributed by atoms with Gasteiger partial charge >= 0.3 is 0 Å². The highest BCUT2D eigenvalue weighted by atomic mass is 32.2. The summed E-state index contributed by atoms with van der Waals surface area (Å²) in [6.07, 6.45) is 0. The molecule has 0 spiro atoms. The summed E-state index contributed by atoms with van der Waals surface area (Å²) in [6.45, 7) is 0. The van der Waals surface area contributed by atoms with Crippen molar-refractivity contribution in [3.8, 4) is 23.3 Å². The molecule has 1 aromatic heterocycles. The number of nitrogens with zero attached hydrogens (tertiary/aromatic N) is 2. The number of benzene rings is 2. The van der Waals surface area contributed by atoms with Gasteiger partial charge in [-0.25, -0.2) is 4.98 Å². The third-order valence-electron chi connectivity index (χ3n) is 3.97. The number of carbonyl (C=O) groups is 1. The zero-order valence-electron chi connectivity index (χ0n) is 14.3. The van der Waals surface area contributed by atoms with Gasteiger partial charge in [-0.3, -0.25) is 10.5 Å². The van der Waals surface area contributed by atoms with Crippen molar-refractivity contribution in [3.63, 3.8) is 0 Å². The smallest absolute Gasteiger partial charge is 0.289 e. The minimum absolute atomic E-state index is 0.0536. The third kappa shape index (κ3) is 3.82. The molecule has 0 aliphatic rings. The lowest BCUT2D eigenvalue weighted by Crippen LogP contribution is -2.19. The van der Waals surface area contributed by atoms with E-state index in [9.17, 15) is 15.3 Å². The number of H-pyrrole nitrogens is 1. The summed E-state index contributed by atoms with van der Waals surface area (Å²) >= 11 is 1.20. The Morgan fingerprint density at radius 2 is 1.56 bits per heavy atom. The van der Waals surface area contributed by atoms with Gasteiger partial charge in [0.15, 0.2) is 10.8 Å². The second-order valence-electron chi connectivity index (χ2n) is 5.66. The van der Waals surface area contributed by atoms with Crippen molar-refractivity contribution in [1.29, 1.82) is 10.5 Å². The standard InChI is InChI=1S/C21H14N4OS/c22-11-16-19(15-9-5-2-6-10-15)17(12-23)21(25-20(16)24)27-13-18(26)14-7-3-1-4-8-14/h1-10H,13H2,(H2,24,25)/p+1. The van der Waals surface area contributed by atoms with E-state index in [1.54, 1.807) is 24.3 Å². The first-order valence-electron chi connectivity index (χ1n) is 8.11. The number of hydrogen-bond acceptors (Lipinski definition) is 5. The van der Waals surface area contributed by atoms with Gasteiger partial charge in [-0.05, 0) is 5.56 Å². The molecular weight excluding hydrogens is 356 g/mol. The fraction of sp³-hybridized carbons (Fsp3) is 0.0476. The number of pyridine rings is 1. The average molecular weight is 371 g/mol. The lowest BCUT2D eigenvalue weighted by molar-refractivity contribution is -0.410. The molecule has 0 unspecified atom stereocenters. The number of nitrogens with one attached hydrogen (secondary N) is 1. The number of nitrogen functional groups attached to an aromatic ring is 1. The van der Waals surface area contributed by atoms with Crippen molar-refractivity contribution in [2.45, 2.75) is 5.03 Å². The molecule has 3 N–H and O–H groups in total. The van der Waals surface area contributed by atoms with Crippen molar-refractivity contribution >= 4 is 23.4 Å². The Morgan fingerprint density at radius 1 is 0.963 bits per heavy atom. The van der Waals surface area contributed by atoms with Crippen LogP contribution in [0, 0.1) is 22.7 Å². The Balaban J connectivity index is 2.02. The van der Waals surface area contributed by atoms with Gasteiger partial charge in [-0.1, -0.05) is 72.4 Å². The molecule has 0 amide bonds. The minimum atomic E-state index is -0.0536. The zero-order valence-corrected chi connectivity index (χ0v) is 15.1. The van der Waals surface area contributed by atoms with Gasteiger partial charge in [0.2, 0.25) is 0 Å². The SMILES string of the molecule is N#Cc1c(N)[nH+]c(SCC(=O)c2ccccc2)c(C#N)c1-c1ccccc1. The Hall–Kier alpha value is -3.61. The van der Waals surface area contributed by atoms with Crippen LogP contribution in [-0.4, -0.2) is 11.5 Å². The molecule has 0 bridgehead atoms. The van der Waals surface area contributed by atoms with E-state index in [2.05, 4.69) is 17.1 Å². The van der Waals surface area contributed by atoms with E-state index >= 15 is 0 Å². The van der Waals surface area contributed by atoms with Crippen molar-refractivity contribution in [1.82, 2.24) is 0 Å². The average Bonchev–Trinajstić information content (AvgIpc) is 2.72. The van der Waals surface area contributed by atoms with Crippen LogP contribution in [0.3, 0.4) is 0 Å². The Kier molecular flexibility index (Phi) is 5.51. The molecule has 0 radical (unpaired) electrons. The van der Waals surface area contributed by atoms with Crippen LogP contribution in [0.25, 0.3) is 11.1 Å². The van der Waals surface area contributed by atoms with Gasteiger partial charge in [0.1, 0.15) is 23.3 Å². The Labute approximate surface area is 161 Å². The van der Waals surface area contributed by atoms with Crippen LogP contribution in [-0.2, 0) is 0 Å². The van der Waals surface area contributed by atoms with Crippen molar-refractivity contribution in [2.24, 2.45) is 0 Å². The highest BCUT2D eigenvalue weighted by molar-refractivity contribution is 7.99. The van der Waals surface area contributed by atoms with Crippen LogP contribution >= 0.6 is 11.8 Å². The van der Waals surface area contributed by atoms with Crippen LogP contribution in [0.5, 0.6) is 0 Å². The summed E-state index contributed by atoms with van der Waals surface area (Å²) in [7, 11) is 0. The molecule has 27 heavy (non-hydrogen) atoms. The first kappa shape index (κ1) is 18.2. The van der Waals surface area contributed by atoms with Gasteiger partial charge in [0, 0.05) is 11.1 Å². The first-order valence-corrected chi connectivity index (χ1v) is 9.09. The summed E-state index contributed by atoms with van der Waals surface area (Å²) in [5.41, 5.74) is 8.36. The number of ketones is 1. The molecule has 0 aliphatic heterocycles. The molecule has 3 rings (SSSR count). The predicted molar refractivity (Wildman–Crippen MR) is 104 cm³/mol. The van der Waals surface area contributed by atoms with E-state index in [4.69, 9.17) is 5.73 Å². The van der Waals surface area contributed by atoms with Crippen molar-refractivity contribution in [2.75, 3.05) is 11.5 Å². The summed E-state index contributed by atoms with van der Waals surface area (Å²) < 4.78 is 0. The lowest BCUT2D eigenvalue weighted by atomic mass is 9.97. The molecule has 0 fully saturated rings. The van der Waals surface area contributed by atoms with E-state index in [1.807, 2.05) is 36.4 Å². The first-order chi connectivity index (χ1) is 13.2. The third-order valence-corrected chi connectivity index (χ3v) is 4.98. The molecule has 2 aromatic carbocycles. The predicted octanol–water partition coefficient (Wildman–Crippen LogP) is 3.47. The minimum Gasteiger partial charge on any atom is -0.293 e. The van der Waals surface area contributed by atoms with Crippen molar-refractivity contribution < 1.29 is 9.78 Å². The molecule has 3 aromatic rings. The molecule has 0 atom stereocenters. The Bertz CT molecular complexity index is 1070. The molecule has 5 nitrogen and oxygen atoms in total. The molecule has 0 saturated heterocycles.